The third kappa shape index (κ3) is 8.51. The maximum Gasteiger partial charge on any atom is 0.334 e. The number of unbranched alkanes of at least 4 members (excludes halogenated alkanes) is 5. The first-order chi connectivity index (χ1) is 10.2. The molecule has 0 aliphatic heterocycles. The Bertz CT molecular complexity index is 375. The van der Waals surface area contributed by atoms with Crippen LogP contribution in [0.3, 0.4) is 0 Å². The van der Waals surface area contributed by atoms with Crippen LogP contribution in [0.5, 0.6) is 0 Å². The Labute approximate surface area is 128 Å². The van der Waals surface area contributed by atoms with Crippen LogP contribution in [0.1, 0.15) is 57.4 Å². The molecule has 1 aromatic carbocycles. The zero-order chi connectivity index (χ0) is 15.3. The van der Waals surface area contributed by atoms with E-state index in [1.807, 2.05) is 30.3 Å². The number of hydrogen-bond acceptors (Lipinski definition) is 3. The van der Waals surface area contributed by atoms with E-state index < -0.39 is 12.1 Å². The third-order valence-corrected chi connectivity index (χ3v) is 3.56. The van der Waals surface area contributed by atoms with Crippen LogP contribution in [0.4, 0.5) is 0 Å². The summed E-state index contributed by atoms with van der Waals surface area (Å²) in [6.45, 7) is 2.62. The molecule has 0 saturated heterocycles. The molecular weight excluding hydrogens is 264 g/mol. The first-order valence-electron chi connectivity index (χ1n) is 8.12. The molecule has 1 atom stereocenters. The molecule has 0 spiro atoms. The van der Waals surface area contributed by atoms with E-state index in [9.17, 15) is 9.90 Å². The Morgan fingerprint density at radius 2 is 1.76 bits per heavy atom. The summed E-state index contributed by atoms with van der Waals surface area (Å²) >= 11 is 0. The largest absolute Gasteiger partial charge is 0.464 e. The van der Waals surface area contributed by atoms with E-state index in [1.54, 1.807) is 0 Å². The molecule has 0 bridgehead atoms. The lowest BCUT2D eigenvalue weighted by Gasteiger charge is -2.10. The van der Waals surface area contributed by atoms with Gasteiger partial charge in [-0.3, -0.25) is 0 Å². The van der Waals surface area contributed by atoms with Gasteiger partial charge < -0.3 is 9.84 Å². The van der Waals surface area contributed by atoms with Crippen LogP contribution in [-0.2, 0) is 16.0 Å². The SMILES string of the molecule is CCCCCCCCOC(=O)[C@H](O)CCc1ccccc1. The van der Waals surface area contributed by atoms with Crippen LogP contribution in [0.15, 0.2) is 30.3 Å². The average Bonchev–Trinajstić information content (AvgIpc) is 2.52. The van der Waals surface area contributed by atoms with Gasteiger partial charge in [-0.05, 0) is 24.8 Å². The highest BCUT2D eigenvalue weighted by Crippen LogP contribution is 2.08. The van der Waals surface area contributed by atoms with Crippen molar-refractivity contribution in [1.82, 2.24) is 0 Å². The Kier molecular flexibility index (Phi) is 9.55. The second-order valence-corrected chi connectivity index (χ2v) is 5.48. The van der Waals surface area contributed by atoms with Gasteiger partial charge in [-0.15, -0.1) is 0 Å². The molecule has 0 radical (unpaired) electrons. The fourth-order valence-corrected chi connectivity index (χ4v) is 2.22. The fourth-order valence-electron chi connectivity index (χ4n) is 2.22. The second-order valence-electron chi connectivity index (χ2n) is 5.48. The summed E-state index contributed by atoms with van der Waals surface area (Å²) in [5.41, 5.74) is 1.13. The summed E-state index contributed by atoms with van der Waals surface area (Å²) in [6, 6.07) is 9.86. The standard InChI is InChI=1S/C18H28O3/c1-2-3-4-5-6-10-15-21-18(20)17(19)14-13-16-11-8-7-9-12-16/h7-9,11-12,17,19H,2-6,10,13-15H2,1H3/t17-/m1/s1. The number of rotatable bonds is 11. The van der Waals surface area contributed by atoms with E-state index in [-0.39, 0.29) is 0 Å². The number of carbonyl (C=O) groups is 1. The predicted molar refractivity (Wildman–Crippen MR) is 85.1 cm³/mol. The van der Waals surface area contributed by atoms with Crippen molar-refractivity contribution >= 4 is 5.97 Å². The second kappa shape index (κ2) is 11.3. The maximum absolute atomic E-state index is 11.6. The van der Waals surface area contributed by atoms with Crippen molar-refractivity contribution in [3.8, 4) is 0 Å². The van der Waals surface area contributed by atoms with Crippen LogP contribution in [-0.4, -0.2) is 23.8 Å². The summed E-state index contributed by atoms with van der Waals surface area (Å²) in [6.07, 6.45) is 7.04. The summed E-state index contributed by atoms with van der Waals surface area (Å²) < 4.78 is 5.11. The topological polar surface area (TPSA) is 46.5 Å². The van der Waals surface area contributed by atoms with Crippen molar-refractivity contribution < 1.29 is 14.6 Å². The number of hydrogen-bond donors (Lipinski definition) is 1. The zero-order valence-corrected chi connectivity index (χ0v) is 13.1. The number of esters is 1. The summed E-state index contributed by atoms with van der Waals surface area (Å²) in [4.78, 5) is 11.6. The summed E-state index contributed by atoms with van der Waals surface area (Å²) in [7, 11) is 0. The smallest absolute Gasteiger partial charge is 0.334 e. The number of aliphatic hydroxyl groups is 1. The van der Waals surface area contributed by atoms with Gasteiger partial charge in [-0.25, -0.2) is 4.79 Å². The lowest BCUT2D eigenvalue weighted by molar-refractivity contribution is -0.153. The Morgan fingerprint density at radius 3 is 2.48 bits per heavy atom. The van der Waals surface area contributed by atoms with Crippen LogP contribution >= 0.6 is 0 Å². The molecule has 3 nitrogen and oxygen atoms in total. The highest BCUT2D eigenvalue weighted by molar-refractivity contribution is 5.74. The van der Waals surface area contributed by atoms with E-state index in [4.69, 9.17) is 4.74 Å². The normalized spacial score (nSPS) is 12.1. The van der Waals surface area contributed by atoms with Crippen molar-refractivity contribution in [3.05, 3.63) is 35.9 Å². The van der Waals surface area contributed by atoms with Gasteiger partial charge in [0.1, 0.15) is 0 Å². The number of ether oxygens (including phenoxy) is 1. The van der Waals surface area contributed by atoms with E-state index >= 15 is 0 Å². The van der Waals surface area contributed by atoms with Crippen molar-refractivity contribution in [2.75, 3.05) is 6.61 Å². The highest BCUT2D eigenvalue weighted by Gasteiger charge is 2.16. The minimum Gasteiger partial charge on any atom is -0.464 e. The van der Waals surface area contributed by atoms with Gasteiger partial charge >= 0.3 is 5.97 Å². The lowest BCUT2D eigenvalue weighted by atomic mass is 10.1. The molecular formula is C18H28O3. The van der Waals surface area contributed by atoms with Gasteiger partial charge in [0.25, 0.3) is 0 Å². The van der Waals surface area contributed by atoms with Crippen molar-refractivity contribution in [1.29, 1.82) is 0 Å². The fraction of sp³-hybridized carbons (Fsp3) is 0.611. The van der Waals surface area contributed by atoms with E-state index in [0.717, 1.165) is 18.4 Å². The number of carbonyl (C=O) groups excluding carboxylic acids is 1. The minimum absolute atomic E-state index is 0.416. The van der Waals surface area contributed by atoms with Crippen LogP contribution in [0, 0.1) is 0 Å². The molecule has 0 aromatic heterocycles. The molecule has 1 rings (SSSR count). The Balaban J connectivity index is 2.06. The van der Waals surface area contributed by atoms with Gasteiger partial charge in [-0.2, -0.15) is 0 Å². The van der Waals surface area contributed by atoms with Crippen molar-refractivity contribution in [3.63, 3.8) is 0 Å². The molecule has 21 heavy (non-hydrogen) atoms. The molecule has 0 unspecified atom stereocenters. The van der Waals surface area contributed by atoms with E-state index in [1.165, 1.54) is 25.7 Å². The molecule has 0 fully saturated rings. The quantitative estimate of drug-likeness (QED) is 0.497. The molecule has 1 N–H and O–H groups in total. The first kappa shape index (κ1) is 17.7. The highest BCUT2D eigenvalue weighted by atomic mass is 16.5. The first-order valence-corrected chi connectivity index (χ1v) is 8.12. The molecule has 0 amide bonds. The zero-order valence-electron chi connectivity index (χ0n) is 13.1. The molecule has 0 aliphatic rings. The lowest BCUT2D eigenvalue weighted by Crippen LogP contribution is -2.24. The van der Waals surface area contributed by atoms with Crippen molar-refractivity contribution in [2.45, 2.75) is 64.4 Å². The molecule has 1 aromatic rings. The number of benzene rings is 1. The van der Waals surface area contributed by atoms with E-state index in [2.05, 4.69) is 6.92 Å². The Morgan fingerprint density at radius 1 is 1.10 bits per heavy atom. The van der Waals surface area contributed by atoms with Gasteiger partial charge in [0, 0.05) is 0 Å². The predicted octanol–water partition coefficient (Wildman–Crippen LogP) is 3.88. The number of aryl methyl sites for hydroxylation is 1. The van der Waals surface area contributed by atoms with Gasteiger partial charge in [0.2, 0.25) is 0 Å². The number of aliphatic hydroxyl groups excluding tert-OH is 1. The summed E-state index contributed by atoms with van der Waals surface area (Å²) in [5, 5.41) is 9.78. The monoisotopic (exact) mass is 292 g/mol. The molecule has 0 aliphatic carbocycles. The molecule has 0 heterocycles. The molecule has 118 valence electrons. The van der Waals surface area contributed by atoms with Crippen LogP contribution in [0.2, 0.25) is 0 Å². The molecule has 3 heteroatoms. The van der Waals surface area contributed by atoms with Crippen LogP contribution in [0.25, 0.3) is 0 Å². The Hall–Kier alpha value is -1.35. The van der Waals surface area contributed by atoms with Gasteiger partial charge in [0.05, 0.1) is 6.61 Å². The minimum atomic E-state index is -1.01. The van der Waals surface area contributed by atoms with Gasteiger partial charge in [-0.1, -0.05) is 69.4 Å². The molecule has 0 saturated carbocycles. The third-order valence-electron chi connectivity index (χ3n) is 3.56. The van der Waals surface area contributed by atoms with Crippen molar-refractivity contribution in [2.24, 2.45) is 0 Å². The maximum atomic E-state index is 11.6. The van der Waals surface area contributed by atoms with E-state index in [0.29, 0.717) is 19.4 Å². The summed E-state index contributed by atoms with van der Waals surface area (Å²) in [5.74, 6) is -0.487. The average molecular weight is 292 g/mol. The van der Waals surface area contributed by atoms with Gasteiger partial charge in [0.15, 0.2) is 6.10 Å². The van der Waals surface area contributed by atoms with Crippen LogP contribution < -0.4 is 0 Å².